The Hall–Kier alpha value is -5.65. The van der Waals surface area contributed by atoms with Crippen LogP contribution in [0.1, 0.15) is 11.1 Å². The van der Waals surface area contributed by atoms with Gasteiger partial charge in [-0.2, -0.15) is 10.5 Å². The molecule has 0 N–H and O–H groups in total. The predicted octanol–water partition coefficient (Wildman–Crippen LogP) is 7.09. The van der Waals surface area contributed by atoms with Gasteiger partial charge in [0.1, 0.15) is 0 Å². The van der Waals surface area contributed by atoms with Crippen LogP contribution in [0.2, 0.25) is 0 Å². The fraction of sp³-hybridized carbons (Fsp3) is 0. The number of benzene rings is 5. The van der Waals surface area contributed by atoms with Crippen molar-refractivity contribution in [3.63, 3.8) is 0 Å². The van der Waals surface area contributed by atoms with Gasteiger partial charge >= 0.3 is 0 Å². The number of aromatic nitrogens is 2. The lowest BCUT2D eigenvalue weighted by atomic mass is 9.97. The van der Waals surface area contributed by atoms with Gasteiger partial charge < -0.3 is 4.40 Å². The Balaban J connectivity index is 1.69. The highest BCUT2D eigenvalue weighted by Gasteiger charge is 2.25. The number of hydrogen-bond acceptors (Lipinski definition) is 3. The molecule has 0 fully saturated rings. The third-order valence-electron chi connectivity index (χ3n) is 8.22. The molecule has 0 aliphatic heterocycles. The molecule has 0 amide bonds. The van der Waals surface area contributed by atoms with Crippen molar-refractivity contribution < 1.29 is 0 Å². The lowest BCUT2D eigenvalue weighted by Gasteiger charge is -2.09. The highest BCUT2D eigenvalue weighted by molar-refractivity contribution is 6.36. The third kappa shape index (κ3) is 2.03. The van der Waals surface area contributed by atoms with E-state index in [1.807, 2.05) is 65.1 Å². The van der Waals surface area contributed by atoms with Crippen molar-refractivity contribution in [2.24, 2.45) is 0 Å². The van der Waals surface area contributed by atoms with Crippen LogP contribution in [-0.2, 0) is 0 Å². The van der Waals surface area contributed by atoms with E-state index in [1.165, 1.54) is 0 Å². The van der Waals surface area contributed by atoms with E-state index in [4.69, 9.17) is 0 Å². The molecule has 0 spiro atoms. The SMILES string of the molecule is N#Cc1ccc2c3cc4c(=O)n5c6ccccc6c6cccc(c4c4c7ccc(C#N)cc7n(c2c1)c34)c65. The van der Waals surface area contributed by atoms with Crippen molar-refractivity contribution in [2.45, 2.75) is 0 Å². The Kier molecular flexibility index (Phi) is 3.27. The predicted molar refractivity (Wildman–Crippen MR) is 151 cm³/mol. The number of hydrogen-bond donors (Lipinski definition) is 0. The van der Waals surface area contributed by atoms with Crippen LogP contribution in [0.15, 0.2) is 89.7 Å². The lowest BCUT2D eigenvalue weighted by Crippen LogP contribution is -2.13. The molecule has 4 heterocycles. The lowest BCUT2D eigenvalue weighted by molar-refractivity contribution is 1.21. The van der Waals surface area contributed by atoms with Gasteiger partial charge in [0.25, 0.3) is 5.56 Å². The first-order chi connectivity index (χ1) is 18.7. The van der Waals surface area contributed by atoms with Gasteiger partial charge in [0.05, 0.1) is 50.8 Å². The van der Waals surface area contributed by atoms with Gasteiger partial charge in [-0.15, -0.1) is 0 Å². The Bertz CT molecular complexity index is 2660. The van der Waals surface area contributed by atoms with Crippen LogP contribution >= 0.6 is 0 Å². The van der Waals surface area contributed by atoms with E-state index < -0.39 is 0 Å². The first-order valence-corrected chi connectivity index (χ1v) is 12.4. The first-order valence-electron chi connectivity index (χ1n) is 12.4. The molecular weight excluding hydrogens is 468 g/mol. The van der Waals surface area contributed by atoms with Crippen molar-refractivity contribution in [1.29, 1.82) is 10.5 Å². The summed E-state index contributed by atoms with van der Waals surface area (Å²) >= 11 is 0. The standard InChI is InChI=1S/C33H14N4O/c34-15-17-8-10-20-24-14-25-29(30-22-11-9-18(16-35)13-28(22)36(32(24)30)27(20)12-17)23-6-3-5-21-19-4-1-2-7-26(19)37(31(21)23)33(25)38/h1-14H. The Morgan fingerprint density at radius 3 is 1.95 bits per heavy atom. The van der Waals surface area contributed by atoms with Crippen LogP contribution in [-0.4, -0.2) is 8.80 Å². The Morgan fingerprint density at radius 2 is 1.16 bits per heavy atom. The first kappa shape index (κ1) is 19.5. The van der Waals surface area contributed by atoms with Crippen LogP contribution in [0.4, 0.5) is 0 Å². The quantitative estimate of drug-likeness (QED) is 0.217. The van der Waals surface area contributed by atoms with Crippen molar-refractivity contribution in [2.75, 3.05) is 0 Å². The summed E-state index contributed by atoms with van der Waals surface area (Å²) < 4.78 is 4.02. The van der Waals surface area contributed by atoms with E-state index >= 15 is 0 Å². The molecule has 4 aromatic heterocycles. The molecule has 5 aromatic carbocycles. The second-order valence-corrected chi connectivity index (χ2v) is 9.95. The summed E-state index contributed by atoms with van der Waals surface area (Å²) in [6, 6.07) is 32.3. The van der Waals surface area contributed by atoms with E-state index in [0.717, 1.165) is 70.7 Å². The summed E-state index contributed by atoms with van der Waals surface area (Å²) in [6.45, 7) is 0. The minimum Gasteiger partial charge on any atom is -0.308 e. The van der Waals surface area contributed by atoms with E-state index in [9.17, 15) is 15.3 Å². The third-order valence-corrected chi connectivity index (χ3v) is 8.22. The maximum absolute atomic E-state index is 14.3. The van der Waals surface area contributed by atoms with E-state index in [2.05, 4.69) is 40.8 Å². The van der Waals surface area contributed by atoms with Crippen LogP contribution < -0.4 is 5.56 Å². The highest BCUT2D eigenvalue weighted by Crippen LogP contribution is 2.45. The minimum absolute atomic E-state index is 0.0420. The van der Waals surface area contributed by atoms with Crippen molar-refractivity contribution in [3.8, 4) is 12.1 Å². The highest BCUT2D eigenvalue weighted by atomic mass is 16.1. The average Bonchev–Trinajstić information content (AvgIpc) is 3.60. The molecular formula is C33H14N4O. The van der Waals surface area contributed by atoms with Crippen molar-refractivity contribution in [1.82, 2.24) is 8.80 Å². The molecule has 0 aliphatic rings. The molecule has 0 atom stereocenters. The number of para-hydroxylation sites is 2. The van der Waals surface area contributed by atoms with Gasteiger partial charge in [-0.3, -0.25) is 9.20 Å². The Morgan fingerprint density at radius 1 is 0.500 bits per heavy atom. The van der Waals surface area contributed by atoms with Crippen LogP contribution in [0, 0.1) is 22.7 Å². The zero-order valence-electron chi connectivity index (χ0n) is 19.8. The largest absolute Gasteiger partial charge is 0.308 e. The summed E-state index contributed by atoms with van der Waals surface area (Å²) in [6.07, 6.45) is 0. The van der Waals surface area contributed by atoms with Crippen molar-refractivity contribution >= 4 is 76.1 Å². The van der Waals surface area contributed by atoms with E-state index in [-0.39, 0.29) is 5.56 Å². The summed E-state index contributed by atoms with van der Waals surface area (Å²) in [4.78, 5) is 14.3. The number of nitriles is 2. The Labute approximate surface area is 213 Å². The molecule has 5 nitrogen and oxygen atoms in total. The molecule has 0 radical (unpaired) electrons. The number of rotatable bonds is 0. The average molecular weight is 483 g/mol. The minimum atomic E-state index is -0.0420. The number of pyridine rings is 1. The normalized spacial score (nSPS) is 12.3. The molecule has 172 valence electrons. The molecule has 5 heteroatoms. The van der Waals surface area contributed by atoms with Gasteiger partial charge in [-0.05, 0) is 36.4 Å². The molecule has 0 saturated heterocycles. The second-order valence-electron chi connectivity index (χ2n) is 9.95. The number of nitrogens with zero attached hydrogens (tertiary/aromatic N) is 4. The fourth-order valence-electron chi connectivity index (χ4n) is 6.75. The smallest absolute Gasteiger partial charge is 0.263 e. The summed E-state index contributed by atoms with van der Waals surface area (Å²) in [5.74, 6) is 0. The topological polar surface area (TPSA) is 73.5 Å². The van der Waals surface area contributed by atoms with Crippen LogP contribution in [0.3, 0.4) is 0 Å². The summed E-state index contributed by atoms with van der Waals surface area (Å²) in [5.41, 5.74) is 5.72. The summed E-state index contributed by atoms with van der Waals surface area (Å²) in [5, 5.41) is 28.0. The van der Waals surface area contributed by atoms with Gasteiger partial charge in [0.2, 0.25) is 0 Å². The molecule has 9 rings (SSSR count). The maximum Gasteiger partial charge on any atom is 0.263 e. The fourth-order valence-corrected chi connectivity index (χ4v) is 6.75. The molecule has 0 aliphatic carbocycles. The maximum atomic E-state index is 14.3. The van der Waals surface area contributed by atoms with Crippen molar-refractivity contribution in [3.05, 3.63) is 106 Å². The van der Waals surface area contributed by atoms with E-state index in [1.54, 1.807) is 0 Å². The zero-order valence-corrected chi connectivity index (χ0v) is 19.8. The second kappa shape index (κ2) is 6.37. The van der Waals surface area contributed by atoms with Gasteiger partial charge in [0.15, 0.2) is 0 Å². The van der Waals surface area contributed by atoms with Crippen LogP contribution in [0.25, 0.3) is 76.1 Å². The van der Waals surface area contributed by atoms with Gasteiger partial charge in [0, 0.05) is 48.5 Å². The zero-order chi connectivity index (χ0) is 25.3. The molecule has 0 saturated carbocycles. The molecule has 0 bridgehead atoms. The summed E-state index contributed by atoms with van der Waals surface area (Å²) in [7, 11) is 0. The monoisotopic (exact) mass is 482 g/mol. The van der Waals surface area contributed by atoms with Gasteiger partial charge in [-0.1, -0.05) is 48.5 Å². The molecule has 0 unspecified atom stereocenters. The van der Waals surface area contributed by atoms with E-state index in [0.29, 0.717) is 16.5 Å². The van der Waals surface area contributed by atoms with Gasteiger partial charge in [-0.25, -0.2) is 0 Å². The molecule has 38 heavy (non-hydrogen) atoms. The number of fused-ring (bicyclic) bond motifs is 12. The molecule has 9 aromatic rings. The van der Waals surface area contributed by atoms with Crippen LogP contribution in [0.5, 0.6) is 0 Å².